The number of halogens is 1. The summed E-state index contributed by atoms with van der Waals surface area (Å²) in [6, 6.07) is 4.33. The third-order valence-electron chi connectivity index (χ3n) is 1.93. The number of aliphatic hydroxyl groups is 1. The Kier molecular flexibility index (Phi) is 3.23. The van der Waals surface area contributed by atoms with Crippen LogP contribution in [0.5, 0.6) is 0 Å². The van der Waals surface area contributed by atoms with Crippen LogP contribution in [0.1, 0.15) is 11.1 Å². The molecule has 0 aromatic heterocycles. The Bertz CT molecular complexity index is 426. The Morgan fingerprint density at radius 3 is 2.50 bits per heavy atom. The minimum absolute atomic E-state index is 0.0495. The van der Waals surface area contributed by atoms with Crippen molar-refractivity contribution < 1.29 is 17.9 Å². The predicted octanol–water partition coefficient (Wildman–Crippen LogP) is 1.05. The summed E-state index contributed by atoms with van der Waals surface area (Å²) in [5.74, 6) is 0. The molecular formula is C9H11FO3S. The summed E-state index contributed by atoms with van der Waals surface area (Å²) in [6.07, 6.45) is 1.02. The second-order valence-corrected chi connectivity index (χ2v) is 4.94. The van der Waals surface area contributed by atoms with E-state index in [1.807, 2.05) is 0 Å². The lowest BCUT2D eigenvalue weighted by Crippen LogP contribution is -2.04. The van der Waals surface area contributed by atoms with Gasteiger partial charge in [0.1, 0.15) is 6.67 Å². The van der Waals surface area contributed by atoms with Gasteiger partial charge in [0, 0.05) is 11.8 Å². The first-order valence-electron chi connectivity index (χ1n) is 3.98. The molecule has 0 radical (unpaired) electrons. The Morgan fingerprint density at radius 2 is 2.07 bits per heavy atom. The average Bonchev–Trinajstić information content (AvgIpc) is 2.15. The number of hydrogen-bond acceptors (Lipinski definition) is 3. The molecule has 0 fully saturated rings. The molecule has 0 spiro atoms. The standard InChI is InChI=1S/C9H11FO3S/c1-14(12,13)9-4-2-3-7(6-11)8(9)5-10/h2-4,11H,5-6H2,1H3. The summed E-state index contributed by atoms with van der Waals surface area (Å²) >= 11 is 0. The van der Waals surface area contributed by atoms with Crippen LogP contribution in [0, 0.1) is 0 Å². The number of benzene rings is 1. The molecule has 0 saturated heterocycles. The zero-order chi connectivity index (χ0) is 10.8. The second kappa shape index (κ2) is 4.06. The van der Waals surface area contributed by atoms with Gasteiger partial charge < -0.3 is 5.11 Å². The maximum atomic E-state index is 12.6. The van der Waals surface area contributed by atoms with Crippen molar-refractivity contribution in [2.75, 3.05) is 6.26 Å². The van der Waals surface area contributed by atoms with Crippen molar-refractivity contribution in [1.82, 2.24) is 0 Å². The van der Waals surface area contributed by atoms with Crippen molar-refractivity contribution in [2.24, 2.45) is 0 Å². The summed E-state index contributed by atoms with van der Waals surface area (Å²) in [5.41, 5.74) is 0.368. The summed E-state index contributed by atoms with van der Waals surface area (Å²) in [6.45, 7) is -1.25. The van der Waals surface area contributed by atoms with E-state index in [2.05, 4.69) is 0 Å². The molecule has 0 atom stereocenters. The number of sulfone groups is 1. The zero-order valence-corrected chi connectivity index (χ0v) is 8.51. The minimum atomic E-state index is -3.43. The molecule has 5 heteroatoms. The van der Waals surface area contributed by atoms with E-state index in [1.165, 1.54) is 18.2 Å². The van der Waals surface area contributed by atoms with Gasteiger partial charge in [0.05, 0.1) is 11.5 Å². The van der Waals surface area contributed by atoms with Gasteiger partial charge in [-0.25, -0.2) is 12.8 Å². The van der Waals surface area contributed by atoms with Crippen molar-refractivity contribution in [3.63, 3.8) is 0 Å². The van der Waals surface area contributed by atoms with Crippen LogP contribution >= 0.6 is 0 Å². The normalized spacial score (nSPS) is 11.6. The van der Waals surface area contributed by atoms with Crippen LogP contribution in [0.4, 0.5) is 4.39 Å². The topological polar surface area (TPSA) is 54.4 Å². The summed E-state index contributed by atoms with van der Waals surface area (Å²) in [4.78, 5) is -0.0495. The van der Waals surface area contributed by atoms with Crippen LogP contribution in [0.2, 0.25) is 0 Å². The highest BCUT2D eigenvalue weighted by atomic mass is 32.2. The molecule has 0 bridgehead atoms. The molecule has 1 rings (SSSR count). The number of hydrogen-bond donors (Lipinski definition) is 1. The van der Waals surface area contributed by atoms with Gasteiger partial charge in [-0.3, -0.25) is 0 Å². The lowest BCUT2D eigenvalue weighted by atomic mass is 10.1. The molecule has 0 aliphatic carbocycles. The lowest BCUT2D eigenvalue weighted by Gasteiger charge is -2.08. The summed E-state index contributed by atoms with van der Waals surface area (Å²) in [7, 11) is -3.43. The molecule has 3 nitrogen and oxygen atoms in total. The van der Waals surface area contributed by atoms with Gasteiger partial charge in [-0.15, -0.1) is 0 Å². The molecule has 1 aromatic carbocycles. The summed E-state index contributed by atoms with van der Waals surface area (Å²) in [5, 5.41) is 8.88. The van der Waals surface area contributed by atoms with Gasteiger partial charge in [-0.05, 0) is 11.6 Å². The largest absolute Gasteiger partial charge is 0.392 e. The SMILES string of the molecule is CS(=O)(=O)c1cccc(CO)c1CF. The van der Waals surface area contributed by atoms with Gasteiger partial charge in [0.15, 0.2) is 9.84 Å². The molecule has 1 aromatic rings. The zero-order valence-electron chi connectivity index (χ0n) is 7.70. The quantitative estimate of drug-likeness (QED) is 0.825. The van der Waals surface area contributed by atoms with Crippen molar-refractivity contribution in [3.8, 4) is 0 Å². The Balaban J connectivity index is 3.45. The van der Waals surface area contributed by atoms with Crippen LogP contribution in [0.15, 0.2) is 23.1 Å². The minimum Gasteiger partial charge on any atom is -0.392 e. The maximum absolute atomic E-state index is 12.6. The first-order chi connectivity index (χ1) is 6.50. The van der Waals surface area contributed by atoms with Crippen molar-refractivity contribution in [3.05, 3.63) is 29.3 Å². The fraction of sp³-hybridized carbons (Fsp3) is 0.333. The highest BCUT2D eigenvalue weighted by Gasteiger charge is 2.15. The van der Waals surface area contributed by atoms with Crippen LogP contribution in [0.3, 0.4) is 0 Å². The van der Waals surface area contributed by atoms with E-state index >= 15 is 0 Å². The van der Waals surface area contributed by atoms with Crippen LogP contribution in [0.25, 0.3) is 0 Å². The Labute approximate surface area is 82.1 Å². The fourth-order valence-electron chi connectivity index (χ4n) is 1.26. The molecular weight excluding hydrogens is 207 g/mol. The molecule has 0 aliphatic rings. The lowest BCUT2D eigenvalue weighted by molar-refractivity contribution is 0.278. The van der Waals surface area contributed by atoms with Gasteiger partial charge in [0.2, 0.25) is 0 Å². The van der Waals surface area contributed by atoms with E-state index in [4.69, 9.17) is 5.11 Å². The Morgan fingerprint density at radius 1 is 1.43 bits per heavy atom. The van der Waals surface area contributed by atoms with Gasteiger partial charge in [0.25, 0.3) is 0 Å². The monoisotopic (exact) mass is 218 g/mol. The van der Waals surface area contributed by atoms with Crippen LogP contribution in [-0.2, 0) is 23.1 Å². The fourth-order valence-corrected chi connectivity index (χ4v) is 2.22. The molecule has 0 amide bonds. The van der Waals surface area contributed by atoms with Crippen molar-refractivity contribution in [1.29, 1.82) is 0 Å². The first kappa shape index (κ1) is 11.1. The maximum Gasteiger partial charge on any atom is 0.175 e. The highest BCUT2D eigenvalue weighted by Crippen LogP contribution is 2.20. The first-order valence-corrected chi connectivity index (χ1v) is 5.87. The Hall–Kier alpha value is -0.940. The number of aliphatic hydroxyl groups excluding tert-OH is 1. The van der Waals surface area contributed by atoms with Gasteiger partial charge in [-0.1, -0.05) is 12.1 Å². The predicted molar refractivity (Wildman–Crippen MR) is 50.3 cm³/mol. The molecule has 0 unspecified atom stereocenters. The smallest absolute Gasteiger partial charge is 0.175 e. The number of alkyl halides is 1. The summed E-state index contributed by atoms with van der Waals surface area (Å²) < 4.78 is 35.1. The van der Waals surface area contributed by atoms with E-state index < -0.39 is 16.5 Å². The molecule has 1 N–H and O–H groups in total. The van der Waals surface area contributed by atoms with E-state index in [9.17, 15) is 12.8 Å². The molecule has 78 valence electrons. The van der Waals surface area contributed by atoms with E-state index in [-0.39, 0.29) is 17.1 Å². The van der Waals surface area contributed by atoms with Gasteiger partial charge in [-0.2, -0.15) is 0 Å². The molecule has 0 heterocycles. The average molecular weight is 218 g/mol. The third-order valence-corrected chi connectivity index (χ3v) is 3.11. The molecule has 14 heavy (non-hydrogen) atoms. The number of rotatable bonds is 3. The van der Waals surface area contributed by atoms with Crippen molar-refractivity contribution in [2.45, 2.75) is 18.2 Å². The molecule has 0 saturated carbocycles. The van der Waals surface area contributed by atoms with Gasteiger partial charge >= 0.3 is 0 Å². The highest BCUT2D eigenvalue weighted by molar-refractivity contribution is 7.90. The third kappa shape index (κ3) is 2.10. The molecule has 0 aliphatic heterocycles. The van der Waals surface area contributed by atoms with Crippen molar-refractivity contribution >= 4 is 9.84 Å². The van der Waals surface area contributed by atoms with Crippen LogP contribution in [-0.4, -0.2) is 19.8 Å². The van der Waals surface area contributed by atoms with Crippen LogP contribution < -0.4 is 0 Å². The van der Waals surface area contributed by atoms with E-state index in [0.717, 1.165) is 6.26 Å². The van der Waals surface area contributed by atoms with E-state index in [0.29, 0.717) is 5.56 Å². The van der Waals surface area contributed by atoms with E-state index in [1.54, 1.807) is 0 Å². The second-order valence-electron chi connectivity index (χ2n) is 2.96.